The van der Waals surface area contributed by atoms with E-state index < -0.39 is 0 Å². The minimum atomic E-state index is -0.219. The third-order valence-corrected chi connectivity index (χ3v) is 7.91. The van der Waals surface area contributed by atoms with Crippen LogP contribution in [0.25, 0.3) is 11.1 Å². The van der Waals surface area contributed by atoms with E-state index in [1.165, 1.54) is 16.7 Å². The molecule has 1 amide bonds. The van der Waals surface area contributed by atoms with E-state index in [0.717, 1.165) is 62.0 Å². The number of carbonyl (C=O) groups is 1. The molecule has 5 rings (SSSR count). The van der Waals surface area contributed by atoms with Crippen molar-refractivity contribution in [3.63, 3.8) is 0 Å². The molecule has 1 aromatic heterocycles. The number of nitrogens with one attached hydrogen (secondary N) is 1. The molecule has 3 atom stereocenters. The van der Waals surface area contributed by atoms with Crippen molar-refractivity contribution in [2.75, 3.05) is 18.8 Å². The number of nitrogens with two attached hydrogens (primary N) is 1. The quantitative estimate of drug-likeness (QED) is 0.412. The number of rotatable bonds is 8. The summed E-state index contributed by atoms with van der Waals surface area (Å²) in [6.45, 7) is 7.21. The smallest absolute Gasteiger partial charge is 0.255 e. The van der Waals surface area contributed by atoms with Crippen LogP contribution in [0.1, 0.15) is 58.3 Å². The van der Waals surface area contributed by atoms with Gasteiger partial charge in [-0.25, -0.2) is 4.98 Å². The number of carbonyl (C=O) groups excluding carboxylic acids is 1. The predicted octanol–water partition coefficient (Wildman–Crippen LogP) is 4.38. The first-order valence-corrected chi connectivity index (χ1v) is 13.6. The van der Waals surface area contributed by atoms with Gasteiger partial charge in [-0.2, -0.15) is 0 Å². The van der Waals surface area contributed by atoms with Crippen LogP contribution in [0.15, 0.2) is 54.7 Å². The van der Waals surface area contributed by atoms with Crippen LogP contribution in [0.3, 0.4) is 0 Å². The molecule has 38 heavy (non-hydrogen) atoms. The number of aliphatic hydroxyl groups is 1. The Labute approximate surface area is 225 Å². The number of pyridine rings is 1. The van der Waals surface area contributed by atoms with Crippen LogP contribution >= 0.6 is 0 Å². The van der Waals surface area contributed by atoms with Crippen LogP contribution < -0.4 is 11.1 Å². The number of β-amino-alcohol motifs (C(OH)–C–C–N with tert-alkyl or cyclic N) is 1. The van der Waals surface area contributed by atoms with Gasteiger partial charge in [0.15, 0.2) is 0 Å². The molecule has 0 radical (unpaired) electrons. The van der Waals surface area contributed by atoms with Gasteiger partial charge in [-0.1, -0.05) is 42.5 Å². The summed E-state index contributed by atoms with van der Waals surface area (Å²) in [6, 6.07) is 16.4. The second-order valence-electron chi connectivity index (χ2n) is 10.8. The van der Waals surface area contributed by atoms with Gasteiger partial charge in [0, 0.05) is 31.4 Å². The van der Waals surface area contributed by atoms with Gasteiger partial charge in [0.05, 0.1) is 30.4 Å². The zero-order chi connectivity index (χ0) is 26.6. The third-order valence-electron chi connectivity index (χ3n) is 7.91. The van der Waals surface area contributed by atoms with Crippen molar-refractivity contribution in [1.29, 1.82) is 0 Å². The zero-order valence-electron chi connectivity index (χ0n) is 22.3. The van der Waals surface area contributed by atoms with Crippen LogP contribution in [-0.2, 0) is 17.9 Å². The number of aliphatic hydroxyl groups excluding tert-OH is 1. The number of hydrogen-bond acceptors (Lipinski definition) is 6. The molecule has 200 valence electrons. The lowest BCUT2D eigenvalue weighted by Gasteiger charge is -2.22. The van der Waals surface area contributed by atoms with E-state index in [9.17, 15) is 9.90 Å². The van der Waals surface area contributed by atoms with Crippen molar-refractivity contribution in [1.82, 2.24) is 15.2 Å². The number of ether oxygens (including phenoxy) is 1. The van der Waals surface area contributed by atoms with Gasteiger partial charge in [0.1, 0.15) is 5.82 Å². The maximum Gasteiger partial charge on any atom is 0.255 e. The number of benzene rings is 2. The molecular weight excluding hydrogens is 476 g/mol. The summed E-state index contributed by atoms with van der Waals surface area (Å²) < 4.78 is 6.24. The summed E-state index contributed by atoms with van der Waals surface area (Å²) in [4.78, 5) is 19.9. The van der Waals surface area contributed by atoms with Gasteiger partial charge in [0.25, 0.3) is 5.91 Å². The molecule has 2 aromatic carbocycles. The number of hydrogen-bond donors (Lipinski definition) is 3. The number of anilines is 1. The fourth-order valence-electron chi connectivity index (χ4n) is 5.47. The first-order chi connectivity index (χ1) is 18.4. The summed E-state index contributed by atoms with van der Waals surface area (Å²) in [5, 5.41) is 12.9. The van der Waals surface area contributed by atoms with Crippen molar-refractivity contribution < 1.29 is 14.6 Å². The molecule has 7 nitrogen and oxygen atoms in total. The first kappa shape index (κ1) is 26.4. The molecule has 7 heteroatoms. The van der Waals surface area contributed by atoms with E-state index in [4.69, 9.17) is 10.5 Å². The monoisotopic (exact) mass is 514 g/mol. The summed E-state index contributed by atoms with van der Waals surface area (Å²) in [7, 11) is 0. The molecule has 1 saturated heterocycles. The van der Waals surface area contributed by atoms with Gasteiger partial charge in [-0.15, -0.1) is 0 Å². The standard InChI is InChI=1S/C31H38N4O3/c1-20-6-7-23(14-21(20)2)19-38-29-5-3-4-28(29)34-31(37)27-15-25(16-33-30(27)32)24-10-8-22(9-11-24)17-35-13-12-26(36)18-35/h6-11,14-16,26,28-29,36H,3-5,12-13,17-19H2,1-2H3,(H2,32,33)(H,34,37)/t26-,28-,29-/m0/s1. The molecule has 4 N–H and O–H groups in total. The molecule has 0 spiro atoms. The number of aromatic nitrogens is 1. The normalized spacial score (nSPS) is 21.6. The molecule has 3 aromatic rings. The van der Waals surface area contributed by atoms with E-state index in [2.05, 4.69) is 59.4 Å². The average Bonchev–Trinajstić information content (AvgIpc) is 3.53. The van der Waals surface area contributed by atoms with Gasteiger partial charge < -0.3 is 20.9 Å². The maximum atomic E-state index is 13.3. The highest BCUT2D eigenvalue weighted by Gasteiger charge is 2.30. The van der Waals surface area contributed by atoms with Crippen LogP contribution in [-0.4, -0.2) is 52.2 Å². The lowest BCUT2D eigenvalue weighted by atomic mass is 10.0. The maximum absolute atomic E-state index is 13.3. The van der Waals surface area contributed by atoms with Gasteiger partial charge in [-0.05, 0) is 73.4 Å². The lowest BCUT2D eigenvalue weighted by molar-refractivity contribution is 0.0272. The Kier molecular flexibility index (Phi) is 8.07. The summed E-state index contributed by atoms with van der Waals surface area (Å²) in [6.07, 6.45) is 5.12. The molecule has 0 unspecified atom stereocenters. The first-order valence-electron chi connectivity index (χ1n) is 13.6. The minimum Gasteiger partial charge on any atom is -0.392 e. The topological polar surface area (TPSA) is 101 Å². The minimum absolute atomic E-state index is 0.0258. The zero-order valence-corrected chi connectivity index (χ0v) is 22.3. The number of aryl methyl sites for hydroxylation is 2. The lowest BCUT2D eigenvalue weighted by Crippen LogP contribution is -2.41. The summed E-state index contributed by atoms with van der Waals surface area (Å²) >= 11 is 0. The Balaban J connectivity index is 1.22. The molecule has 2 fully saturated rings. The fraction of sp³-hybridized carbons (Fsp3) is 0.419. The Hall–Kier alpha value is -3.26. The van der Waals surface area contributed by atoms with E-state index in [1.807, 2.05) is 18.2 Å². The van der Waals surface area contributed by atoms with Crippen molar-refractivity contribution in [2.24, 2.45) is 0 Å². The largest absolute Gasteiger partial charge is 0.392 e. The van der Waals surface area contributed by atoms with Crippen molar-refractivity contribution in [2.45, 2.75) is 70.9 Å². The number of amides is 1. The highest BCUT2D eigenvalue weighted by atomic mass is 16.5. The van der Waals surface area contributed by atoms with Crippen molar-refractivity contribution >= 4 is 11.7 Å². The van der Waals surface area contributed by atoms with E-state index >= 15 is 0 Å². The number of nitrogens with zero attached hydrogens (tertiary/aromatic N) is 2. The second kappa shape index (κ2) is 11.6. The third kappa shape index (κ3) is 6.23. The molecule has 0 bridgehead atoms. The Morgan fingerprint density at radius 3 is 2.58 bits per heavy atom. The van der Waals surface area contributed by atoms with Crippen LogP contribution in [0.4, 0.5) is 5.82 Å². The molecule has 1 aliphatic heterocycles. The van der Waals surface area contributed by atoms with Gasteiger partial charge in [-0.3, -0.25) is 9.69 Å². The molecule has 1 saturated carbocycles. The fourth-order valence-corrected chi connectivity index (χ4v) is 5.47. The number of nitrogen functional groups attached to an aromatic ring is 1. The van der Waals surface area contributed by atoms with Gasteiger partial charge in [0.2, 0.25) is 0 Å². The van der Waals surface area contributed by atoms with Crippen LogP contribution in [0.5, 0.6) is 0 Å². The summed E-state index contributed by atoms with van der Waals surface area (Å²) in [5.41, 5.74) is 13.2. The second-order valence-corrected chi connectivity index (χ2v) is 10.8. The van der Waals surface area contributed by atoms with Crippen LogP contribution in [0, 0.1) is 13.8 Å². The van der Waals surface area contributed by atoms with E-state index in [1.54, 1.807) is 6.20 Å². The van der Waals surface area contributed by atoms with E-state index in [-0.39, 0.29) is 30.0 Å². The molecule has 2 heterocycles. The Morgan fingerprint density at radius 2 is 1.84 bits per heavy atom. The average molecular weight is 515 g/mol. The number of likely N-dealkylation sites (tertiary alicyclic amines) is 1. The Morgan fingerprint density at radius 1 is 1.05 bits per heavy atom. The van der Waals surface area contributed by atoms with Crippen LogP contribution in [0.2, 0.25) is 0 Å². The van der Waals surface area contributed by atoms with Crippen molar-refractivity contribution in [3.05, 3.63) is 82.5 Å². The summed E-state index contributed by atoms with van der Waals surface area (Å²) in [5.74, 6) is 0.00815. The highest BCUT2D eigenvalue weighted by Crippen LogP contribution is 2.27. The van der Waals surface area contributed by atoms with Gasteiger partial charge >= 0.3 is 0 Å². The predicted molar refractivity (Wildman–Crippen MR) is 150 cm³/mol. The highest BCUT2D eigenvalue weighted by molar-refractivity contribution is 5.99. The van der Waals surface area contributed by atoms with E-state index in [0.29, 0.717) is 12.2 Å². The molecule has 1 aliphatic carbocycles. The SMILES string of the molecule is Cc1ccc(CO[C@H]2CCC[C@@H]2NC(=O)c2cc(-c3ccc(CN4CC[C@H](O)C4)cc3)cnc2N)cc1C. The van der Waals surface area contributed by atoms with Crippen molar-refractivity contribution in [3.8, 4) is 11.1 Å². The molecule has 2 aliphatic rings. The Bertz CT molecular complexity index is 1280. The molecular formula is C31H38N4O3.